The van der Waals surface area contributed by atoms with E-state index in [1.165, 1.54) is 0 Å². The van der Waals surface area contributed by atoms with Gasteiger partial charge in [0.1, 0.15) is 24.4 Å². The summed E-state index contributed by atoms with van der Waals surface area (Å²) in [6, 6.07) is -0.686. The zero-order valence-electron chi connectivity index (χ0n) is 45.6. The van der Waals surface area contributed by atoms with E-state index in [1.54, 1.807) is 13.8 Å². The van der Waals surface area contributed by atoms with E-state index < -0.39 is 127 Å². The number of nitrogens with zero attached hydrogens (tertiary/aromatic N) is 5. The lowest BCUT2D eigenvalue weighted by molar-refractivity contribution is -0.386. The maximum atomic E-state index is 11.7. The summed E-state index contributed by atoms with van der Waals surface area (Å²) in [5, 5.41) is 40.4. The van der Waals surface area contributed by atoms with Crippen molar-refractivity contribution in [3.63, 3.8) is 0 Å². The molecule has 2 saturated heterocycles. The van der Waals surface area contributed by atoms with Crippen molar-refractivity contribution in [2.45, 2.75) is 138 Å². The molecule has 0 spiro atoms. The largest absolute Gasteiger partial charge is 0.394 e. The number of hydrogen-bond donors (Lipinski definition) is 5. The fourth-order valence-corrected chi connectivity index (χ4v) is 7.87. The average molecular weight is 930 g/mol. The summed E-state index contributed by atoms with van der Waals surface area (Å²) in [5.74, 6) is -1.95. The molecule has 4 fully saturated rings. The van der Waals surface area contributed by atoms with Gasteiger partial charge < -0.3 is 49.7 Å². The molecule has 25 heteroatoms. The number of aromatic amines is 1. The topological polar surface area (TPSA) is 292 Å². The van der Waals surface area contributed by atoms with Gasteiger partial charge in [0, 0.05) is 36.6 Å². The number of rotatable bonds is 16. The molecule has 2 aromatic heterocycles. The summed E-state index contributed by atoms with van der Waals surface area (Å²) in [5.41, 5.74) is -3.15. The number of nitrogens with one attached hydrogen (secondary N) is 2. The van der Waals surface area contributed by atoms with Crippen molar-refractivity contribution in [2.75, 3.05) is 43.2 Å². The van der Waals surface area contributed by atoms with Gasteiger partial charge in [0.25, 0.3) is 0 Å². The number of aliphatic hydroxyl groups excluding tert-OH is 2. The minimum atomic E-state index is -3.32. The van der Waals surface area contributed by atoms with Crippen LogP contribution in [0, 0.1) is 20.2 Å². The van der Waals surface area contributed by atoms with Gasteiger partial charge in [-0.3, -0.25) is 30.0 Å². The first-order chi connectivity index (χ1) is 33.1. The van der Waals surface area contributed by atoms with Crippen LogP contribution in [0.5, 0.6) is 0 Å². The number of halogens is 2. The van der Waals surface area contributed by atoms with Crippen LogP contribution in [0.25, 0.3) is 0 Å². The Labute approximate surface area is 378 Å². The Morgan fingerprint density at radius 3 is 1.97 bits per heavy atom. The SMILES string of the molecule is CC1(C)O[C@@H]2[C@H](O1)[C@@H](OCCO)C[C@H]2N.[2H]C([2H])([2H])C([2H])([2H])C([2H])([2H])Sc1nc(Cl)c([N+](=O)[O-])c(=O)[nH]1.[2H]C([2H])([2H])C([2H])([2H])C([2H])([2H])Sc1nc(Cl)c([N+](=O)[O-])c(N[C@@H]2C[C@H](OCCO)[C@H]3OC(C)(C)O[C@H]32)n1. The number of hydrogen-bond acceptors (Lipinski definition) is 20. The van der Waals surface area contributed by atoms with Crippen LogP contribution in [-0.2, 0) is 28.4 Å². The van der Waals surface area contributed by atoms with Gasteiger partial charge >= 0.3 is 16.9 Å². The van der Waals surface area contributed by atoms with E-state index in [2.05, 4.69) is 20.3 Å². The lowest BCUT2D eigenvalue weighted by Gasteiger charge is -2.24. The van der Waals surface area contributed by atoms with E-state index in [0.29, 0.717) is 6.61 Å². The number of ether oxygens (including phenoxy) is 6. The lowest BCUT2D eigenvalue weighted by atomic mass is 10.2. The van der Waals surface area contributed by atoms with Crippen LogP contribution in [0.2, 0.25) is 10.3 Å². The number of H-pyrrole nitrogens is 1. The van der Waals surface area contributed by atoms with Gasteiger partial charge in [-0.25, -0.2) is 9.97 Å². The molecule has 8 atom stereocenters. The Hall–Kier alpha value is -2.52. The van der Waals surface area contributed by atoms with Crippen LogP contribution in [0.15, 0.2) is 15.1 Å². The second-order valence-corrected chi connectivity index (χ2v) is 15.7. The molecule has 0 amide bonds. The van der Waals surface area contributed by atoms with Crippen LogP contribution >= 0.6 is 46.7 Å². The van der Waals surface area contributed by atoms with Crippen molar-refractivity contribution in [3.8, 4) is 0 Å². The van der Waals surface area contributed by atoms with Gasteiger partial charge in [0.15, 0.2) is 21.9 Å². The minimum absolute atomic E-state index is 0.0212. The number of fused-ring (bicyclic) bond motifs is 2. The Kier molecular flexibility index (Phi) is 12.0. The van der Waals surface area contributed by atoms with Crippen LogP contribution in [0.3, 0.4) is 0 Å². The van der Waals surface area contributed by atoms with Crippen molar-refractivity contribution in [2.24, 2.45) is 5.73 Å². The van der Waals surface area contributed by atoms with Crippen molar-refractivity contribution >= 4 is 63.9 Å². The number of aromatic nitrogens is 4. The van der Waals surface area contributed by atoms with Crippen molar-refractivity contribution in [3.05, 3.63) is 40.9 Å². The first-order valence-electron chi connectivity index (χ1n) is 24.4. The fraction of sp³-hybridized carbons (Fsp3) is 0.765. The average Bonchev–Trinajstić information content (AvgIpc) is 3.90. The molecular weight excluding hydrogens is 863 g/mol. The van der Waals surface area contributed by atoms with Gasteiger partial charge in [-0.2, -0.15) is 4.98 Å². The highest BCUT2D eigenvalue weighted by atomic mass is 35.5. The normalized spacial score (nSPS) is 32.2. The molecule has 2 aliphatic carbocycles. The molecule has 6 rings (SSSR count). The maximum Gasteiger partial charge on any atom is 0.370 e. The van der Waals surface area contributed by atoms with E-state index in [4.69, 9.17) is 86.8 Å². The summed E-state index contributed by atoms with van der Waals surface area (Å²) >= 11 is 11.5. The molecule has 0 radical (unpaired) electrons. The molecular formula is C34H52Cl2N8O13S2. The van der Waals surface area contributed by atoms with E-state index >= 15 is 0 Å². The van der Waals surface area contributed by atoms with Crippen molar-refractivity contribution in [1.29, 1.82) is 0 Å². The molecule has 6 N–H and O–H groups in total. The smallest absolute Gasteiger partial charge is 0.370 e. The van der Waals surface area contributed by atoms with Crippen LogP contribution in [0.1, 0.15) is 86.2 Å². The van der Waals surface area contributed by atoms with Gasteiger partial charge in [0.2, 0.25) is 16.1 Å². The number of aliphatic hydroxyl groups is 2. The Morgan fingerprint density at radius 2 is 1.41 bits per heavy atom. The van der Waals surface area contributed by atoms with Crippen LogP contribution in [-0.4, -0.2) is 138 Å². The summed E-state index contributed by atoms with van der Waals surface area (Å²) in [7, 11) is 0. The quantitative estimate of drug-likeness (QED) is 0.0521. The Morgan fingerprint density at radius 1 is 0.881 bits per heavy atom. The van der Waals surface area contributed by atoms with Crippen LogP contribution in [0.4, 0.5) is 17.2 Å². The molecule has 332 valence electrons. The maximum absolute atomic E-state index is 11.7. The second kappa shape index (κ2) is 22.0. The Bertz CT molecular complexity index is 2370. The molecule has 59 heavy (non-hydrogen) atoms. The van der Waals surface area contributed by atoms with Gasteiger partial charge in [-0.05, 0) is 53.3 Å². The summed E-state index contributed by atoms with van der Waals surface area (Å²) in [6.07, 6.45) is -7.57. The molecule has 21 nitrogen and oxygen atoms in total. The number of nitrogens with two attached hydrogens (primary N) is 1. The second-order valence-electron chi connectivity index (χ2n) is 13.5. The highest BCUT2D eigenvalue weighted by Gasteiger charge is 2.55. The van der Waals surface area contributed by atoms with Crippen LogP contribution < -0.4 is 16.6 Å². The molecule has 4 aliphatic rings. The third kappa shape index (κ3) is 13.2. The number of nitro groups is 2. The zero-order chi connectivity index (χ0) is 55.8. The predicted octanol–water partition coefficient (Wildman–Crippen LogP) is 4.07. The zero-order valence-corrected chi connectivity index (χ0v) is 34.8. The van der Waals surface area contributed by atoms with E-state index in [1.807, 2.05) is 18.8 Å². The number of anilines is 1. The summed E-state index contributed by atoms with van der Waals surface area (Å²) in [4.78, 5) is 44.8. The summed E-state index contributed by atoms with van der Waals surface area (Å²) < 4.78 is 139. The van der Waals surface area contributed by atoms with E-state index in [0.717, 1.165) is 6.42 Å². The highest BCUT2D eigenvalue weighted by Crippen LogP contribution is 2.43. The van der Waals surface area contributed by atoms with E-state index in [-0.39, 0.29) is 74.1 Å². The lowest BCUT2D eigenvalue weighted by Crippen LogP contribution is -2.35. The minimum Gasteiger partial charge on any atom is -0.394 e. The monoisotopic (exact) mass is 928 g/mol. The third-order valence-corrected chi connectivity index (χ3v) is 10.1. The van der Waals surface area contributed by atoms with Crippen molar-refractivity contribution in [1.82, 2.24) is 19.9 Å². The first-order valence-corrected chi connectivity index (χ1v) is 19.8. The third-order valence-electron chi connectivity index (χ3n) is 8.45. The van der Waals surface area contributed by atoms with E-state index in [9.17, 15) is 25.0 Å². The van der Waals surface area contributed by atoms with Gasteiger partial charge in [-0.15, -0.1) is 0 Å². The predicted molar refractivity (Wildman–Crippen MR) is 218 cm³/mol. The fourth-order valence-electron chi connectivity index (χ4n) is 6.45. The van der Waals surface area contributed by atoms with Crippen molar-refractivity contribution < 1.29 is 67.7 Å². The standard InChI is InChI=1S/C17H25ClN4O6S.C10H19NO4.C7H8ClN3O3S/c1-4-7-29-16-20-14(18)11(22(24)25)15(21-16)19-9-8-10(26-6-5-23)13-12(9)27-17(2,3)28-13;1-10(2)14-8-6(11)5-7(9(8)15-10)13-4-3-12;1-2-3-15-7-9-5(8)4(11(13)14)6(12)10-7/h9-10,12-13,23H,4-8H2,1-3H3,(H,19,20,21);6-9,12H,3-5,11H2,1-2H3;2-3H2,1H3,(H,9,10,12)/t9-,10+,12+,13-;6-,7+,8+,9-;/m11./s1/i1D3,4D2,7D2;;1D3,2D2,3D2. The molecule has 2 saturated carbocycles. The molecule has 0 bridgehead atoms. The van der Waals surface area contributed by atoms with Gasteiger partial charge in [-0.1, -0.05) is 60.4 Å². The molecule has 2 aliphatic heterocycles. The Balaban J connectivity index is 0.000000264. The highest BCUT2D eigenvalue weighted by molar-refractivity contribution is 7.99. The molecule has 4 heterocycles. The molecule has 0 aromatic carbocycles. The molecule has 0 unspecified atom stereocenters. The summed E-state index contributed by atoms with van der Waals surface area (Å²) in [6.45, 7) is 0.676. The first kappa shape index (κ1) is 32.2. The number of thioether (sulfide) groups is 2. The molecule has 2 aromatic rings. The van der Waals surface area contributed by atoms with Gasteiger partial charge in [0.05, 0.1) is 54.5 Å².